The largest absolute Gasteiger partial charge is 0.369 e. The smallest absolute Gasteiger partial charge is 0.256 e. The Labute approximate surface area is 114 Å². The maximum Gasteiger partial charge on any atom is 0.256 e. The Balaban J connectivity index is 1.93. The molecule has 1 fully saturated rings. The Morgan fingerprint density at radius 2 is 1.95 bits per heavy atom. The summed E-state index contributed by atoms with van der Waals surface area (Å²) in [6.07, 6.45) is 2.61. The standard InChI is InChI=1S/C16H21NO2/c1-10-6-5-9-14(11(10)2)17-15(18)12-7-3-4-8-13(12)16(17)19/h3-4,7-8,10-11,14-15,18H,5-6,9H2,1-2H3/t10-,11+,14+,15+/m1/s1. The van der Waals surface area contributed by atoms with Gasteiger partial charge < -0.3 is 10.0 Å². The highest BCUT2D eigenvalue weighted by Crippen LogP contribution is 2.40. The molecule has 0 radical (unpaired) electrons. The van der Waals surface area contributed by atoms with E-state index in [-0.39, 0.29) is 11.9 Å². The van der Waals surface area contributed by atoms with Gasteiger partial charge in [-0.25, -0.2) is 0 Å². The van der Waals surface area contributed by atoms with Crippen LogP contribution in [0.1, 0.15) is 55.3 Å². The number of aliphatic hydroxyl groups is 1. The van der Waals surface area contributed by atoms with E-state index in [0.717, 1.165) is 18.4 Å². The molecule has 4 atom stereocenters. The minimum atomic E-state index is -0.763. The third-order valence-corrected chi connectivity index (χ3v) is 4.99. The molecule has 2 aliphatic rings. The predicted molar refractivity (Wildman–Crippen MR) is 73.5 cm³/mol. The monoisotopic (exact) mass is 259 g/mol. The summed E-state index contributed by atoms with van der Waals surface area (Å²) in [6.45, 7) is 4.45. The van der Waals surface area contributed by atoms with E-state index in [2.05, 4.69) is 13.8 Å². The molecule has 0 spiro atoms. The second kappa shape index (κ2) is 4.64. The predicted octanol–water partition coefficient (Wildman–Crippen LogP) is 2.96. The van der Waals surface area contributed by atoms with Crippen molar-refractivity contribution in [2.24, 2.45) is 11.8 Å². The number of carbonyl (C=O) groups is 1. The average Bonchev–Trinajstić information content (AvgIpc) is 2.67. The number of aliphatic hydroxyl groups excluding tert-OH is 1. The molecule has 0 unspecified atom stereocenters. The summed E-state index contributed by atoms with van der Waals surface area (Å²) in [4.78, 5) is 14.2. The summed E-state index contributed by atoms with van der Waals surface area (Å²) in [7, 11) is 0. The topological polar surface area (TPSA) is 40.5 Å². The van der Waals surface area contributed by atoms with Gasteiger partial charge in [0.2, 0.25) is 0 Å². The lowest BCUT2D eigenvalue weighted by Crippen LogP contribution is -2.46. The lowest BCUT2D eigenvalue weighted by Gasteiger charge is -2.41. The highest BCUT2D eigenvalue weighted by Gasteiger charge is 2.43. The molecule has 1 aliphatic heterocycles. The van der Waals surface area contributed by atoms with Gasteiger partial charge in [-0.05, 0) is 24.3 Å². The zero-order valence-corrected chi connectivity index (χ0v) is 11.5. The van der Waals surface area contributed by atoms with Crippen molar-refractivity contribution < 1.29 is 9.90 Å². The van der Waals surface area contributed by atoms with Crippen LogP contribution in [0, 0.1) is 11.8 Å². The zero-order chi connectivity index (χ0) is 13.6. The van der Waals surface area contributed by atoms with Crippen molar-refractivity contribution in [3.8, 4) is 0 Å². The lowest BCUT2D eigenvalue weighted by atomic mass is 9.77. The molecule has 0 bridgehead atoms. The second-order valence-corrected chi connectivity index (χ2v) is 6.01. The van der Waals surface area contributed by atoms with Crippen LogP contribution < -0.4 is 0 Å². The Morgan fingerprint density at radius 1 is 1.21 bits per heavy atom. The Bertz CT molecular complexity index is 499. The molecule has 3 nitrogen and oxygen atoms in total. The number of hydrogen-bond donors (Lipinski definition) is 1. The van der Waals surface area contributed by atoms with Gasteiger partial charge in [0.1, 0.15) is 0 Å². The van der Waals surface area contributed by atoms with Crippen LogP contribution in [0.4, 0.5) is 0 Å². The average molecular weight is 259 g/mol. The van der Waals surface area contributed by atoms with E-state index >= 15 is 0 Å². The highest BCUT2D eigenvalue weighted by atomic mass is 16.3. The lowest BCUT2D eigenvalue weighted by molar-refractivity contribution is -0.0305. The fraction of sp³-hybridized carbons (Fsp3) is 0.562. The van der Waals surface area contributed by atoms with Gasteiger partial charge in [-0.1, -0.05) is 44.9 Å². The molecule has 1 heterocycles. The molecule has 1 saturated carbocycles. The quantitative estimate of drug-likeness (QED) is 0.842. The number of amides is 1. The molecule has 1 N–H and O–H groups in total. The van der Waals surface area contributed by atoms with E-state index in [1.54, 1.807) is 4.90 Å². The fourth-order valence-corrected chi connectivity index (χ4v) is 3.60. The van der Waals surface area contributed by atoms with Gasteiger partial charge in [0.05, 0.1) is 0 Å². The SMILES string of the molecule is C[C@H]1[C@H](C)CCC[C@@H]1N1C(=O)c2ccccc2[C@@H]1O. The van der Waals surface area contributed by atoms with Crippen molar-refractivity contribution in [2.45, 2.75) is 45.4 Å². The van der Waals surface area contributed by atoms with Gasteiger partial charge in [-0.3, -0.25) is 4.79 Å². The number of nitrogens with zero attached hydrogens (tertiary/aromatic N) is 1. The van der Waals surface area contributed by atoms with Gasteiger partial charge in [-0.2, -0.15) is 0 Å². The summed E-state index contributed by atoms with van der Waals surface area (Å²) in [5.74, 6) is 1.05. The molecule has 1 aromatic carbocycles. The van der Waals surface area contributed by atoms with Crippen molar-refractivity contribution >= 4 is 5.91 Å². The summed E-state index contributed by atoms with van der Waals surface area (Å²) >= 11 is 0. The minimum Gasteiger partial charge on any atom is -0.369 e. The van der Waals surface area contributed by atoms with Gasteiger partial charge in [0.15, 0.2) is 6.23 Å². The zero-order valence-electron chi connectivity index (χ0n) is 11.5. The summed E-state index contributed by atoms with van der Waals surface area (Å²) in [5, 5.41) is 10.5. The molecule has 3 heteroatoms. The number of hydrogen-bond acceptors (Lipinski definition) is 2. The molecular formula is C16H21NO2. The van der Waals surface area contributed by atoms with Crippen LogP contribution in [0.15, 0.2) is 24.3 Å². The molecule has 102 valence electrons. The number of rotatable bonds is 1. The Morgan fingerprint density at radius 3 is 2.68 bits per heavy atom. The van der Waals surface area contributed by atoms with E-state index in [9.17, 15) is 9.90 Å². The maximum atomic E-state index is 12.5. The number of fused-ring (bicyclic) bond motifs is 1. The first kappa shape index (κ1) is 12.7. The van der Waals surface area contributed by atoms with E-state index in [0.29, 0.717) is 17.4 Å². The maximum absolute atomic E-state index is 12.5. The van der Waals surface area contributed by atoms with Crippen molar-refractivity contribution in [1.82, 2.24) is 4.90 Å². The van der Waals surface area contributed by atoms with Crippen molar-refractivity contribution in [3.05, 3.63) is 35.4 Å². The van der Waals surface area contributed by atoms with Gasteiger partial charge in [-0.15, -0.1) is 0 Å². The molecule has 1 aliphatic carbocycles. The molecule has 1 aromatic rings. The van der Waals surface area contributed by atoms with Gasteiger partial charge in [0, 0.05) is 17.2 Å². The first-order valence-corrected chi connectivity index (χ1v) is 7.21. The number of carbonyl (C=O) groups excluding carboxylic acids is 1. The molecule has 1 amide bonds. The first-order valence-electron chi connectivity index (χ1n) is 7.21. The van der Waals surface area contributed by atoms with Crippen LogP contribution in [0.2, 0.25) is 0 Å². The summed E-state index contributed by atoms with van der Waals surface area (Å²) in [6, 6.07) is 7.58. The first-order chi connectivity index (χ1) is 9.11. The van der Waals surface area contributed by atoms with E-state index in [1.165, 1.54) is 6.42 Å². The molecule has 0 saturated heterocycles. The van der Waals surface area contributed by atoms with Gasteiger partial charge >= 0.3 is 0 Å². The summed E-state index contributed by atoms with van der Waals surface area (Å²) in [5.41, 5.74) is 1.43. The minimum absolute atomic E-state index is 0.00551. The molecule has 19 heavy (non-hydrogen) atoms. The van der Waals surface area contributed by atoms with Crippen molar-refractivity contribution in [1.29, 1.82) is 0 Å². The highest BCUT2D eigenvalue weighted by molar-refractivity contribution is 5.99. The van der Waals surface area contributed by atoms with Crippen LogP contribution in [0.25, 0.3) is 0 Å². The molecule has 0 aromatic heterocycles. The van der Waals surface area contributed by atoms with Crippen LogP contribution in [-0.2, 0) is 0 Å². The van der Waals surface area contributed by atoms with Crippen molar-refractivity contribution in [2.75, 3.05) is 0 Å². The van der Waals surface area contributed by atoms with E-state index in [1.807, 2.05) is 24.3 Å². The van der Waals surface area contributed by atoms with E-state index < -0.39 is 6.23 Å². The van der Waals surface area contributed by atoms with Crippen LogP contribution in [0.5, 0.6) is 0 Å². The molecular weight excluding hydrogens is 238 g/mol. The normalized spacial score (nSPS) is 34.5. The van der Waals surface area contributed by atoms with Gasteiger partial charge in [0.25, 0.3) is 5.91 Å². The van der Waals surface area contributed by atoms with Crippen LogP contribution in [0.3, 0.4) is 0 Å². The van der Waals surface area contributed by atoms with Crippen LogP contribution >= 0.6 is 0 Å². The second-order valence-electron chi connectivity index (χ2n) is 6.01. The van der Waals surface area contributed by atoms with Crippen molar-refractivity contribution in [3.63, 3.8) is 0 Å². The Hall–Kier alpha value is -1.35. The fourth-order valence-electron chi connectivity index (χ4n) is 3.60. The van der Waals surface area contributed by atoms with Crippen LogP contribution in [-0.4, -0.2) is 22.0 Å². The molecule has 3 rings (SSSR count). The third kappa shape index (κ3) is 1.88. The Kier molecular flexibility index (Phi) is 3.09. The summed E-state index contributed by atoms with van der Waals surface area (Å²) < 4.78 is 0. The van der Waals surface area contributed by atoms with E-state index in [4.69, 9.17) is 0 Å². The third-order valence-electron chi connectivity index (χ3n) is 4.99. The number of benzene rings is 1.